The molecule has 0 aliphatic carbocycles. The largest absolute Gasteiger partial charge is 0.313 e. The Bertz CT molecular complexity index is 57.6. The molecule has 0 saturated carbocycles. The van der Waals surface area contributed by atoms with Crippen LogP contribution in [0, 0.1) is 0 Å². The Labute approximate surface area is 59.2 Å². The van der Waals surface area contributed by atoms with Crippen molar-refractivity contribution >= 4 is 0 Å². The summed E-state index contributed by atoms with van der Waals surface area (Å²) in [4.78, 5) is 0. The molecule has 0 rings (SSSR count). The van der Waals surface area contributed by atoms with Gasteiger partial charge in [0.1, 0.15) is 0 Å². The van der Waals surface area contributed by atoms with Crippen LogP contribution >= 0.6 is 0 Å². The van der Waals surface area contributed by atoms with Gasteiger partial charge in [0, 0.05) is 6.54 Å². The zero-order chi connectivity index (χ0) is 7.70. The summed E-state index contributed by atoms with van der Waals surface area (Å²) in [7, 11) is 0. The Balaban J connectivity index is 0. The smallest absolute Gasteiger partial charge is 0.0159 e. The fourth-order valence-electron chi connectivity index (χ4n) is 0.338. The Kier molecular flexibility index (Phi) is 13.6. The van der Waals surface area contributed by atoms with Gasteiger partial charge in [-0.1, -0.05) is 32.9 Å². The molecule has 0 fully saturated rings. The lowest BCUT2D eigenvalue weighted by Gasteiger charge is -1.96. The van der Waals surface area contributed by atoms with Crippen molar-refractivity contribution in [3.05, 3.63) is 12.2 Å². The summed E-state index contributed by atoms with van der Waals surface area (Å²) in [6, 6.07) is 0. The molecule has 0 heterocycles. The fourth-order valence-corrected chi connectivity index (χ4v) is 0.338. The maximum Gasteiger partial charge on any atom is 0.0159 e. The van der Waals surface area contributed by atoms with Crippen molar-refractivity contribution in [1.82, 2.24) is 5.32 Å². The van der Waals surface area contributed by atoms with Crippen LogP contribution in [0.5, 0.6) is 0 Å². The van der Waals surface area contributed by atoms with E-state index in [-0.39, 0.29) is 0 Å². The molecule has 0 aliphatic heterocycles. The lowest BCUT2D eigenvalue weighted by Crippen LogP contribution is -2.14. The van der Waals surface area contributed by atoms with Crippen LogP contribution < -0.4 is 5.32 Å². The van der Waals surface area contributed by atoms with Crippen LogP contribution in [0.4, 0.5) is 0 Å². The second-order valence-electron chi connectivity index (χ2n) is 1.74. The first-order chi connectivity index (χ1) is 4.27. The fraction of sp³-hybridized carbons (Fsp3) is 0.750. The van der Waals surface area contributed by atoms with Crippen LogP contribution in [0.25, 0.3) is 0 Å². The van der Waals surface area contributed by atoms with E-state index in [1.54, 1.807) is 0 Å². The topological polar surface area (TPSA) is 12.0 Å². The molecule has 0 amide bonds. The summed E-state index contributed by atoms with van der Waals surface area (Å²) in [6.07, 6.45) is 0. The van der Waals surface area contributed by atoms with Crippen LogP contribution in [0.3, 0.4) is 0 Å². The Hall–Kier alpha value is -0.300. The predicted molar refractivity (Wildman–Crippen MR) is 44.7 cm³/mol. The average molecular weight is 129 g/mol. The van der Waals surface area contributed by atoms with Gasteiger partial charge in [0.2, 0.25) is 0 Å². The van der Waals surface area contributed by atoms with Gasteiger partial charge in [-0.25, -0.2) is 0 Å². The van der Waals surface area contributed by atoms with E-state index in [0.29, 0.717) is 0 Å². The second kappa shape index (κ2) is 10.6. The lowest BCUT2D eigenvalue weighted by atomic mass is 10.3. The third-order valence-electron chi connectivity index (χ3n) is 0.677. The summed E-state index contributed by atoms with van der Waals surface area (Å²) in [5.41, 5.74) is 1.20. The van der Waals surface area contributed by atoms with E-state index in [1.807, 2.05) is 20.8 Å². The Morgan fingerprint density at radius 1 is 1.44 bits per heavy atom. The molecule has 0 aromatic heterocycles. The minimum atomic E-state index is 0.955. The third-order valence-corrected chi connectivity index (χ3v) is 0.677. The van der Waals surface area contributed by atoms with Crippen molar-refractivity contribution in [3.63, 3.8) is 0 Å². The van der Waals surface area contributed by atoms with E-state index in [1.165, 1.54) is 5.57 Å². The van der Waals surface area contributed by atoms with Crippen molar-refractivity contribution in [2.24, 2.45) is 0 Å². The van der Waals surface area contributed by atoms with Crippen LogP contribution in [0.1, 0.15) is 27.7 Å². The maximum absolute atomic E-state index is 3.73. The van der Waals surface area contributed by atoms with Crippen molar-refractivity contribution < 1.29 is 0 Å². The number of nitrogens with one attached hydrogen (secondary N) is 1. The first-order valence-corrected chi connectivity index (χ1v) is 3.62. The van der Waals surface area contributed by atoms with Gasteiger partial charge in [0.15, 0.2) is 0 Å². The van der Waals surface area contributed by atoms with Crippen LogP contribution in [0.15, 0.2) is 12.2 Å². The van der Waals surface area contributed by atoms with Gasteiger partial charge < -0.3 is 5.32 Å². The van der Waals surface area contributed by atoms with Gasteiger partial charge in [0.25, 0.3) is 0 Å². The average Bonchev–Trinajstić information content (AvgIpc) is 1.88. The van der Waals surface area contributed by atoms with Crippen LogP contribution in [-0.2, 0) is 0 Å². The number of rotatable bonds is 3. The summed E-state index contributed by atoms with van der Waals surface area (Å²) in [5, 5.41) is 3.15. The summed E-state index contributed by atoms with van der Waals surface area (Å²) < 4.78 is 0. The van der Waals surface area contributed by atoms with Crippen molar-refractivity contribution in [3.8, 4) is 0 Å². The van der Waals surface area contributed by atoms with E-state index in [4.69, 9.17) is 0 Å². The number of likely N-dealkylation sites (N-methyl/N-ethyl adjacent to an activating group) is 1. The van der Waals surface area contributed by atoms with Gasteiger partial charge in [-0.15, -0.1) is 0 Å². The van der Waals surface area contributed by atoms with Gasteiger partial charge in [-0.05, 0) is 13.5 Å². The van der Waals surface area contributed by atoms with Crippen molar-refractivity contribution in [2.45, 2.75) is 27.7 Å². The third kappa shape index (κ3) is 18.3. The van der Waals surface area contributed by atoms with E-state index in [0.717, 1.165) is 13.1 Å². The monoisotopic (exact) mass is 129 g/mol. The van der Waals surface area contributed by atoms with E-state index in [2.05, 4.69) is 18.8 Å². The Morgan fingerprint density at radius 3 is 2.00 bits per heavy atom. The van der Waals surface area contributed by atoms with E-state index < -0.39 is 0 Å². The molecule has 9 heavy (non-hydrogen) atoms. The normalized spacial score (nSPS) is 7.56. The zero-order valence-corrected chi connectivity index (χ0v) is 7.12. The SMILES string of the molecule is C=C(C)CNCC.CC. The number of hydrogen-bond donors (Lipinski definition) is 1. The van der Waals surface area contributed by atoms with E-state index in [9.17, 15) is 0 Å². The molecule has 0 aromatic rings. The molecule has 0 bridgehead atoms. The highest BCUT2D eigenvalue weighted by Gasteiger charge is 1.78. The first-order valence-electron chi connectivity index (χ1n) is 3.62. The summed E-state index contributed by atoms with van der Waals surface area (Å²) in [6.45, 7) is 13.8. The molecule has 0 aliphatic rings. The standard InChI is InChI=1S/C6H13N.C2H6/c1-4-7-5-6(2)3;1-2/h7H,2,4-5H2,1,3H3;1-2H3. The Morgan fingerprint density at radius 2 is 1.89 bits per heavy atom. The van der Waals surface area contributed by atoms with Gasteiger partial charge in [-0.2, -0.15) is 0 Å². The predicted octanol–water partition coefficient (Wildman–Crippen LogP) is 2.20. The molecule has 1 N–H and O–H groups in total. The molecule has 0 spiro atoms. The molecule has 0 atom stereocenters. The molecule has 0 aromatic carbocycles. The van der Waals surface area contributed by atoms with Gasteiger partial charge >= 0.3 is 0 Å². The van der Waals surface area contributed by atoms with Gasteiger partial charge in [-0.3, -0.25) is 0 Å². The van der Waals surface area contributed by atoms with Crippen molar-refractivity contribution in [1.29, 1.82) is 0 Å². The quantitative estimate of drug-likeness (QED) is 0.576. The molecule has 1 nitrogen and oxygen atoms in total. The summed E-state index contributed by atoms with van der Waals surface area (Å²) >= 11 is 0. The van der Waals surface area contributed by atoms with Crippen LogP contribution in [-0.4, -0.2) is 13.1 Å². The molecular weight excluding hydrogens is 110 g/mol. The highest BCUT2D eigenvalue weighted by molar-refractivity contribution is 4.89. The molecule has 0 saturated heterocycles. The van der Waals surface area contributed by atoms with Crippen LogP contribution in [0.2, 0.25) is 0 Å². The first kappa shape index (κ1) is 11.5. The van der Waals surface area contributed by atoms with Crippen molar-refractivity contribution in [2.75, 3.05) is 13.1 Å². The molecule has 56 valence electrons. The minimum Gasteiger partial charge on any atom is -0.313 e. The van der Waals surface area contributed by atoms with Gasteiger partial charge in [0.05, 0.1) is 0 Å². The zero-order valence-electron chi connectivity index (χ0n) is 7.12. The highest BCUT2D eigenvalue weighted by atomic mass is 14.8. The molecule has 0 unspecified atom stereocenters. The molecule has 1 heteroatoms. The second-order valence-corrected chi connectivity index (χ2v) is 1.74. The molecular formula is C8H19N. The lowest BCUT2D eigenvalue weighted by molar-refractivity contribution is 0.778. The maximum atomic E-state index is 3.73. The number of hydrogen-bond acceptors (Lipinski definition) is 1. The highest BCUT2D eigenvalue weighted by Crippen LogP contribution is 1.78. The summed E-state index contributed by atoms with van der Waals surface area (Å²) in [5.74, 6) is 0. The minimum absolute atomic E-state index is 0.955. The molecule has 0 radical (unpaired) electrons. The van der Waals surface area contributed by atoms with E-state index >= 15 is 0 Å².